The van der Waals surface area contributed by atoms with Gasteiger partial charge < -0.3 is 0 Å². The third-order valence-corrected chi connectivity index (χ3v) is 5.85. The topological polar surface area (TPSA) is 91.7 Å². The Bertz CT molecular complexity index is 1220. The Morgan fingerprint density at radius 3 is 2.55 bits per heavy atom. The van der Waals surface area contributed by atoms with Crippen LogP contribution in [0.25, 0.3) is 11.3 Å². The molecule has 7 nitrogen and oxygen atoms in total. The van der Waals surface area contributed by atoms with Crippen LogP contribution in [-0.2, 0) is 10.0 Å². The summed E-state index contributed by atoms with van der Waals surface area (Å²) in [5, 5.41) is 9.45. The van der Waals surface area contributed by atoms with Gasteiger partial charge in [-0.15, -0.1) is 11.3 Å². The van der Waals surface area contributed by atoms with Crippen molar-refractivity contribution in [1.82, 2.24) is 9.71 Å². The highest BCUT2D eigenvalue weighted by molar-refractivity contribution is 7.89. The number of benzene rings is 2. The van der Waals surface area contributed by atoms with Crippen molar-refractivity contribution in [3.8, 4) is 11.3 Å². The highest BCUT2D eigenvalue weighted by Gasteiger charge is 2.17. The third kappa shape index (κ3) is 5.90. The lowest BCUT2D eigenvalue weighted by Crippen LogP contribution is -2.30. The minimum Gasteiger partial charge on any atom is -0.268 e. The van der Waals surface area contributed by atoms with Gasteiger partial charge in [0.25, 0.3) is 5.91 Å². The number of nitrogens with zero attached hydrogens (tertiary/aromatic N) is 3. The van der Waals surface area contributed by atoms with Crippen LogP contribution in [0.4, 0.5) is 5.13 Å². The van der Waals surface area contributed by atoms with Gasteiger partial charge >= 0.3 is 0 Å². The van der Waals surface area contributed by atoms with Crippen molar-refractivity contribution in [2.45, 2.75) is 19.9 Å². The Morgan fingerprint density at radius 2 is 1.87 bits per heavy atom. The number of rotatable bonds is 7. The predicted molar refractivity (Wildman–Crippen MR) is 127 cm³/mol. The monoisotopic (exact) mass is 476 g/mol. The average molecular weight is 477 g/mol. The van der Waals surface area contributed by atoms with Gasteiger partial charge in [-0.2, -0.15) is 5.10 Å². The van der Waals surface area contributed by atoms with Crippen molar-refractivity contribution in [3.05, 3.63) is 70.1 Å². The van der Waals surface area contributed by atoms with Gasteiger partial charge in [0, 0.05) is 33.1 Å². The first-order valence-corrected chi connectivity index (χ1v) is 12.5. The zero-order chi connectivity index (χ0) is 22.6. The van der Waals surface area contributed by atoms with E-state index in [1.54, 1.807) is 29.3 Å². The van der Waals surface area contributed by atoms with Crippen LogP contribution in [0.15, 0.2) is 59.0 Å². The first kappa shape index (κ1) is 22.9. The van der Waals surface area contributed by atoms with Crippen molar-refractivity contribution in [2.24, 2.45) is 5.10 Å². The van der Waals surface area contributed by atoms with Crippen LogP contribution < -0.4 is 9.73 Å². The molecule has 0 aliphatic carbocycles. The molecule has 0 aliphatic rings. The molecule has 2 aromatic carbocycles. The normalized spacial score (nSPS) is 11.8. The number of hydrogen-bond donors (Lipinski definition) is 1. The van der Waals surface area contributed by atoms with Crippen LogP contribution >= 0.6 is 22.9 Å². The Balaban J connectivity index is 1.90. The van der Waals surface area contributed by atoms with Crippen LogP contribution in [0.3, 0.4) is 0 Å². The molecule has 10 heteroatoms. The lowest BCUT2D eigenvalue weighted by Gasteiger charge is -2.20. The van der Waals surface area contributed by atoms with E-state index in [0.29, 0.717) is 15.7 Å². The molecule has 0 aliphatic heterocycles. The van der Waals surface area contributed by atoms with E-state index in [1.807, 2.05) is 48.2 Å². The number of amides is 1. The molecule has 1 heterocycles. The maximum absolute atomic E-state index is 12.3. The first-order chi connectivity index (χ1) is 14.7. The molecule has 0 radical (unpaired) electrons. The van der Waals surface area contributed by atoms with Gasteiger partial charge in [0.2, 0.25) is 15.2 Å². The summed E-state index contributed by atoms with van der Waals surface area (Å²) in [5.41, 5.74) is 2.27. The minimum absolute atomic E-state index is 0.0153. The zero-order valence-corrected chi connectivity index (χ0v) is 19.5. The molecule has 31 heavy (non-hydrogen) atoms. The predicted octanol–water partition coefficient (Wildman–Crippen LogP) is 4.40. The summed E-state index contributed by atoms with van der Waals surface area (Å²) in [4.78, 5) is 17.0. The summed E-state index contributed by atoms with van der Waals surface area (Å²) >= 11 is 7.71. The molecule has 0 saturated carbocycles. The maximum Gasteiger partial charge on any atom is 0.265 e. The molecular formula is C21H21ClN4O3S2. The van der Waals surface area contributed by atoms with E-state index in [9.17, 15) is 13.2 Å². The third-order valence-electron chi connectivity index (χ3n) is 4.13. The molecule has 1 N–H and O–H groups in total. The molecule has 0 saturated heterocycles. The van der Waals surface area contributed by atoms with Crippen LogP contribution in [0.5, 0.6) is 0 Å². The zero-order valence-electron chi connectivity index (χ0n) is 17.1. The molecule has 0 atom stereocenters. The molecule has 3 aromatic rings. The Hall–Kier alpha value is -2.75. The number of hydrazone groups is 1. The van der Waals surface area contributed by atoms with Crippen LogP contribution in [0, 0.1) is 0 Å². The highest BCUT2D eigenvalue weighted by atomic mass is 35.5. The number of sulfonamides is 1. The van der Waals surface area contributed by atoms with E-state index in [1.165, 1.54) is 17.6 Å². The molecule has 0 bridgehead atoms. The lowest BCUT2D eigenvalue weighted by atomic mass is 10.1. The van der Waals surface area contributed by atoms with Gasteiger partial charge in [0.05, 0.1) is 18.2 Å². The second kappa shape index (κ2) is 9.59. The molecule has 162 valence electrons. The fourth-order valence-corrected chi connectivity index (χ4v) is 4.32. The maximum atomic E-state index is 12.3. The van der Waals surface area contributed by atoms with E-state index in [0.717, 1.165) is 17.5 Å². The molecule has 0 unspecified atom stereocenters. The van der Waals surface area contributed by atoms with Gasteiger partial charge in [-0.05, 0) is 26.0 Å². The van der Waals surface area contributed by atoms with E-state index >= 15 is 0 Å². The first-order valence-electron chi connectivity index (χ1n) is 9.30. The minimum atomic E-state index is -3.68. The average Bonchev–Trinajstić information content (AvgIpc) is 3.16. The van der Waals surface area contributed by atoms with Gasteiger partial charge in [-0.3, -0.25) is 4.79 Å². The van der Waals surface area contributed by atoms with Crippen molar-refractivity contribution in [2.75, 3.05) is 11.3 Å². The molecule has 1 aromatic heterocycles. The Morgan fingerprint density at radius 1 is 1.19 bits per heavy atom. The van der Waals surface area contributed by atoms with E-state index in [-0.39, 0.29) is 11.6 Å². The number of thiazole rings is 1. The van der Waals surface area contributed by atoms with E-state index in [2.05, 4.69) is 10.1 Å². The van der Waals surface area contributed by atoms with E-state index in [4.69, 9.17) is 11.6 Å². The number of carbonyl (C=O) groups excluding carboxylic acids is 1. The van der Waals surface area contributed by atoms with Gasteiger partial charge in [0.1, 0.15) is 0 Å². The quantitative estimate of drug-likeness (QED) is 0.403. The number of nitrogens with one attached hydrogen (secondary N) is 1. The summed E-state index contributed by atoms with van der Waals surface area (Å²) < 4.78 is 24.8. The second-order valence-electron chi connectivity index (χ2n) is 6.97. The number of halogens is 1. The van der Waals surface area contributed by atoms with Crippen LogP contribution in [0.2, 0.25) is 5.02 Å². The molecular weight excluding hydrogens is 456 g/mol. The fraction of sp³-hybridized carbons (Fsp3) is 0.190. The van der Waals surface area contributed by atoms with Crippen molar-refractivity contribution >= 4 is 50.2 Å². The molecule has 0 fully saturated rings. The van der Waals surface area contributed by atoms with E-state index < -0.39 is 15.9 Å². The standard InChI is InChI=1S/C21H21ClN4O3S2/c1-14(2)26(21-24-19(13-30-21)17-10-6-7-11-18(17)22)23-12-15-8-4-5-9-16(15)20(27)25-31(3,28)29/h4-14H,1-3H3,(H,25,27). The fourth-order valence-electron chi connectivity index (χ4n) is 2.73. The Kier molecular flexibility index (Phi) is 7.09. The summed E-state index contributed by atoms with van der Waals surface area (Å²) in [6.45, 7) is 3.94. The SMILES string of the molecule is CC(C)N(N=Cc1ccccc1C(=O)NS(C)(=O)=O)c1nc(-c2ccccc2Cl)cs1. The lowest BCUT2D eigenvalue weighted by molar-refractivity contribution is 0.0981. The molecule has 0 spiro atoms. The smallest absolute Gasteiger partial charge is 0.265 e. The molecule has 1 amide bonds. The van der Waals surface area contributed by atoms with Crippen LogP contribution in [-0.4, -0.2) is 37.8 Å². The summed E-state index contributed by atoms with van der Waals surface area (Å²) in [6.07, 6.45) is 2.45. The van der Waals surface area contributed by atoms with Gasteiger partial charge in [0.15, 0.2) is 0 Å². The number of aromatic nitrogens is 1. The number of anilines is 1. The van der Waals surface area contributed by atoms with Crippen molar-refractivity contribution < 1.29 is 13.2 Å². The summed E-state index contributed by atoms with van der Waals surface area (Å²) in [5.74, 6) is -0.712. The Labute approximate surface area is 190 Å². The van der Waals surface area contributed by atoms with Gasteiger partial charge in [-0.1, -0.05) is 48.0 Å². The highest BCUT2D eigenvalue weighted by Crippen LogP contribution is 2.32. The summed E-state index contributed by atoms with van der Waals surface area (Å²) in [6, 6.07) is 14.1. The number of carbonyl (C=O) groups is 1. The summed E-state index contributed by atoms with van der Waals surface area (Å²) in [7, 11) is -3.68. The largest absolute Gasteiger partial charge is 0.268 e. The number of hydrogen-bond acceptors (Lipinski definition) is 7. The van der Waals surface area contributed by atoms with Crippen LogP contribution in [0.1, 0.15) is 29.8 Å². The van der Waals surface area contributed by atoms with Crippen molar-refractivity contribution in [3.63, 3.8) is 0 Å². The second-order valence-corrected chi connectivity index (χ2v) is 9.96. The molecule has 3 rings (SSSR count). The van der Waals surface area contributed by atoms with Crippen molar-refractivity contribution in [1.29, 1.82) is 0 Å². The van der Waals surface area contributed by atoms with Gasteiger partial charge in [-0.25, -0.2) is 23.1 Å².